The van der Waals surface area contributed by atoms with E-state index in [1.165, 1.54) is 10.4 Å². The fraction of sp³-hybridized carbons (Fsp3) is 0.381. The van der Waals surface area contributed by atoms with Crippen molar-refractivity contribution in [2.75, 3.05) is 0 Å². The standard InChI is InChI=1S/C16H19Si.C5H10O2.Zn/c1-16(2,3)17(14-10-6-4-7-11-14)15-12-8-5-9-13-15;1-5(2,3)4(6)7;/h4-13H,1-3H3;1-3H3,(H,6,7);. The summed E-state index contributed by atoms with van der Waals surface area (Å²) in [6.45, 7) is 12.0. The zero-order valence-electron chi connectivity index (χ0n) is 16.3. The molecule has 0 fully saturated rings. The van der Waals surface area contributed by atoms with Gasteiger partial charge in [0.15, 0.2) is 0 Å². The Morgan fingerprint density at radius 2 is 1.04 bits per heavy atom. The van der Waals surface area contributed by atoms with Gasteiger partial charge >= 0.3 is 5.97 Å². The molecule has 0 aromatic heterocycles. The minimum Gasteiger partial charge on any atom is -0.481 e. The van der Waals surface area contributed by atoms with Gasteiger partial charge in [-0.1, -0.05) is 91.8 Å². The number of rotatable bonds is 2. The molecular formula is C21H29O2SiZn. The molecule has 0 aliphatic rings. The van der Waals surface area contributed by atoms with E-state index < -0.39 is 20.2 Å². The molecule has 1 N–H and O–H groups in total. The van der Waals surface area contributed by atoms with Crippen molar-refractivity contribution in [3.05, 3.63) is 60.7 Å². The first-order valence-electron chi connectivity index (χ1n) is 8.25. The maximum Gasteiger partial charge on any atom is 0.308 e. The summed E-state index contributed by atoms with van der Waals surface area (Å²) in [6, 6.07) is 21.9. The van der Waals surface area contributed by atoms with Crippen LogP contribution < -0.4 is 10.4 Å². The van der Waals surface area contributed by atoms with Crippen molar-refractivity contribution < 1.29 is 29.4 Å². The Balaban J connectivity index is 0.000000620. The van der Waals surface area contributed by atoms with Gasteiger partial charge in [0.1, 0.15) is 8.80 Å². The van der Waals surface area contributed by atoms with Gasteiger partial charge in [-0.15, -0.1) is 0 Å². The zero-order valence-corrected chi connectivity index (χ0v) is 20.3. The Labute approximate surface area is 167 Å². The van der Waals surface area contributed by atoms with Crippen LogP contribution in [0.1, 0.15) is 41.5 Å². The van der Waals surface area contributed by atoms with Crippen molar-refractivity contribution in [1.29, 1.82) is 0 Å². The minimum atomic E-state index is -0.757. The summed E-state index contributed by atoms with van der Waals surface area (Å²) in [5, 5.41) is 11.6. The molecule has 0 spiro atoms. The molecule has 0 unspecified atom stereocenters. The maximum atomic E-state index is 10.0. The van der Waals surface area contributed by atoms with E-state index in [-0.39, 0.29) is 19.5 Å². The topological polar surface area (TPSA) is 37.3 Å². The predicted molar refractivity (Wildman–Crippen MR) is 105 cm³/mol. The number of aliphatic carboxylic acids is 1. The first-order chi connectivity index (χ1) is 11.0. The van der Waals surface area contributed by atoms with E-state index in [0.29, 0.717) is 5.04 Å². The molecule has 2 aromatic carbocycles. The first kappa shape index (κ1) is 23.8. The zero-order chi connectivity index (χ0) is 18.4. The van der Waals surface area contributed by atoms with Crippen LogP contribution >= 0.6 is 0 Å². The molecule has 0 aliphatic heterocycles. The van der Waals surface area contributed by atoms with Gasteiger partial charge in [-0.05, 0) is 25.8 Å². The first-order valence-corrected chi connectivity index (χ1v) is 9.75. The third kappa shape index (κ3) is 8.11. The molecule has 4 heteroatoms. The SMILES string of the molecule is CC(C)(C)C(=O)O.CC(C)(C)[Si](c1ccccc1)c1ccccc1.[Zn]. The average molecular weight is 407 g/mol. The second-order valence-corrected chi connectivity index (χ2v) is 11.3. The van der Waals surface area contributed by atoms with Crippen LogP contribution in [0.15, 0.2) is 60.7 Å². The third-order valence-corrected chi connectivity index (χ3v) is 6.84. The van der Waals surface area contributed by atoms with E-state index in [2.05, 4.69) is 81.4 Å². The number of benzene rings is 2. The van der Waals surface area contributed by atoms with E-state index in [1.54, 1.807) is 20.8 Å². The molecule has 0 saturated heterocycles. The van der Waals surface area contributed by atoms with Crippen LogP contribution in [0.25, 0.3) is 0 Å². The van der Waals surface area contributed by atoms with Crippen molar-refractivity contribution in [2.24, 2.45) is 5.41 Å². The Bertz CT molecular complexity index is 589. The van der Waals surface area contributed by atoms with Gasteiger partial charge in [0.2, 0.25) is 0 Å². The predicted octanol–water partition coefficient (Wildman–Crippen LogP) is 4.21. The van der Waals surface area contributed by atoms with Crippen LogP contribution in [0.4, 0.5) is 0 Å². The molecule has 0 saturated carbocycles. The molecule has 0 heterocycles. The van der Waals surface area contributed by atoms with Crippen molar-refractivity contribution >= 4 is 25.1 Å². The smallest absolute Gasteiger partial charge is 0.308 e. The van der Waals surface area contributed by atoms with Gasteiger partial charge < -0.3 is 5.11 Å². The number of carbonyl (C=O) groups is 1. The summed E-state index contributed by atoms with van der Waals surface area (Å²) in [7, 11) is -0.715. The van der Waals surface area contributed by atoms with Gasteiger partial charge in [0.05, 0.1) is 5.41 Å². The van der Waals surface area contributed by atoms with Gasteiger partial charge in [-0.25, -0.2) is 0 Å². The second-order valence-electron chi connectivity index (χ2n) is 7.91. The summed E-state index contributed by atoms with van der Waals surface area (Å²) in [5.74, 6) is -0.757. The van der Waals surface area contributed by atoms with Crippen molar-refractivity contribution in [3.63, 3.8) is 0 Å². The minimum absolute atomic E-state index is 0. The fourth-order valence-electron chi connectivity index (χ4n) is 2.24. The molecule has 1 radical (unpaired) electrons. The van der Waals surface area contributed by atoms with E-state index in [9.17, 15) is 4.79 Å². The van der Waals surface area contributed by atoms with Gasteiger partial charge in [-0.3, -0.25) is 4.79 Å². The molecule has 0 aliphatic carbocycles. The number of carboxylic acid groups (broad SMARTS) is 1. The van der Waals surface area contributed by atoms with Crippen LogP contribution in [0, 0.1) is 5.41 Å². The summed E-state index contributed by atoms with van der Waals surface area (Å²) in [6.07, 6.45) is 0. The second kappa shape index (κ2) is 10.0. The van der Waals surface area contributed by atoms with Crippen molar-refractivity contribution in [3.8, 4) is 0 Å². The normalized spacial score (nSPS) is 11.2. The number of hydrogen-bond acceptors (Lipinski definition) is 1. The largest absolute Gasteiger partial charge is 0.481 e. The van der Waals surface area contributed by atoms with Crippen LogP contribution in [0.3, 0.4) is 0 Å². The molecule has 2 aromatic rings. The molecule has 2 rings (SSSR count). The van der Waals surface area contributed by atoms with E-state index in [1.807, 2.05) is 0 Å². The summed E-state index contributed by atoms with van der Waals surface area (Å²) in [4.78, 5) is 10.0. The van der Waals surface area contributed by atoms with Crippen LogP contribution in [0.2, 0.25) is 5.04 Å². The molecular weight excluding hydrogens is 378 g/mol. The molecule has 0 bridgehead atoms. The summed E-state index contributed by atoms with van der Waals surface area (Å²) >= 11 is 0. The molecule has 0 atom stereocenters. The Hall–Kier alpha value is -1.25. The Kier molecular flexibility index (Phi) is 9.53. The molecule has 0 amide bonds. The van der Waals surface area contributed by atoms with Crippen LogP contribution in [-0.4, -0.2) is 19.9 Å². The molecule has 131 valence electrons. The van der Waals surface area contributed by atoms with Crippen molar-refractivity contribution in [2.45, 2.75) is 46.6 Å². The van der Waals surface area contributed by atoms with Crippen LogP contribution in [0.5, 0.6) is 0 Å². The maximum absolute atomic E-state index is 10.0. The van der Waals surface area contributed by atoms with Gasteiger partial charge in [0, 0.05) is 19.5 Å². The van der Waals surface area contributed by atoms with Crippen LogP contribution in [-0.2, 0) is 24.3 Å². The monoisotopic (exact) mass is 405 g/mol. The number of hydrogen-bond donors (Lipinski definition) is 1. The van der Waals surface area contributed by atoms with E-state index >= 15 is 0 Å². The van der Waals surface area contributed by atoms with Crippen molar-refractivity contribution in [1.82, 2.24) is 0 Å². The van der Waals surface area contributed by atoms with E-state index in [4.69, 9.17) is 5.11 Å². The summed E-state index contributed by atoms with van der Waals surface area (Å²) in [5.41, 5.74) is -0.583. The third-order valence-electron chi connectivity index (χ3n) is 3.52. The molecule has 2 nitrogen and oxygen atoms in total. The van der Waals surface area contributed by atoms with Gasteiger partial charge in [-0.2, -0.15) is 0 Å². The molecule has 25 heavy (non-hydrogen) atoms. The Morgan fingerprint density at radius 1 is 0.760 bits per heavy atom. The Morgan fingerprint density at radius 3 is 1.24 bits per heavy atom. The average Bonchev–Trinajstić information content (AvgIpc) is 2.48. The van der Waals surface area contributed by atoms with Gasteiger partial charge in [0.25, 0.3) is 0 Å². The summed E-state index contributed by atoms with van der Waals surface area (Å²) < 4.78 is 0. The fourth-order valence-corrected chi connectivity index (χ4v) is 5.36. The van der Waals surface area contributed by atoms with E-state index in [0.717, 1.165) is 0 Å². The number of carboxylic acids is 1. The quantitative estimate of drug-likeness (QED) is 0.758.